The van der Waals surface area contributed by atoms with Gasteiger partial charge in [-0.2, -0.15) is 0 Å². The molecule has 0 N–H and O–H groups in total. The minimum absolute atomic E-state index is 0.328. The maximum absolute atomic E-state index is 3.73. The van der Waals surface area contributed by atoms with E-state index in [1.54, 1.807) is 0 Å². The maximum atomic E-state index is 3.73. The van der Waals surface area contributed by atoms with Gasteiger partial charge in [-0.05, 0) is 43.6 Å². The average Bonchev–Trinajstić information content (AvgIpc) is 2.26. The van der Waals surface area contributed by atoms with Gasteiger partial charge in [0.05, 0.1) is 0 Å². The first-order valence-corrected chi connectivity index (χ1v) is 8.84. The summed E-state index contributed by atoms with van der Waals surface area (Å²) in [5.74, 6) is 0.728. The van der Waals surface area contributed by atoms with Crippen LogP contribution in [0.25, 0.3) is 0 Å². The van der Waals surface area contributed by atoms with Crippen LogP contribution in [-0.4, -0.2) is 10.7 Å². The second-order valence-corrected chi connectivity index (χ2v) is 7.16. The Morgan fingerprint density at radius 1 is 1.00 bits per heavy atom. The molecule has 0 spiro atoms. The van der Waals surface area contributed by atoms with Gasteiger partial charge in [0.2, 0.25) is 0 Å². The van der Waals surface area contributed by atoms with Crippen molar-refractivity contribution in [1.82, 2.24) is 0 Å². The molecular formula is C16H24Br2. The Morgan fingerprint density at radius 3 is 1.89 bits per heavy atom. The highest BCUT2D eigenvalue weighted by Gasteiger charge is 2.29. The first kappa shape index (κ1) is 16.2. The Hall–Kier alpha value is 0.180. The van der Waals surface area contributed by atoms with Crippen LogP contribution in [0.1, 0.15) is 37.0 Å². The van der Waals surface area contributed by atoms with Crippen molar-refractivity contribution >= 4 is 31.9 Å². The molecule has 0 saturated heterocycles. The van der Waals surface area contributed by atoms with Crippen molar-refractivity contribution in [3.63, 3.8) is 0 Å². The summed E-state index contributed by atoms with van der Waals surface area (Å²) in [6.45, 7) is 8.98. The molecule has 2 heteroatoms. The fourth-order valence-electron chi connectivity index (χ4n) is 2.78. The van der Waals surface area contributed by atoms with Gasteiger partial charge in [0, 0.05) is 10.7 Å². The van der Waals surface area contributed by atoms with E-state index >= 15 is 0 Å². The molecular weight excluding hydrogens is 352 g/mol. The van der Waals surface area contributed by atoms with E-state index in [2.05, 4.69) is 77.8 Å². The van der Waals surface area contributed by atoms with Gasteiger partial charge in [0.25, 0.3) is 0 Å². The Labute approximate surface area is 129 Å². The van der Waals surface area contributed by atoms with E-state index in [0.29, 0.717) is 5.41 Å². The molecule has 1 aromatic carbocycles. The normalized spacial score (nSPS) is 12.2. The van der Waals surface area contributed by atoms with E-state index in [9.17, 15) is 0 Å². The standard InChI is InChI=1S/C16H24Br2/c1-12(2)8-16(10-17,11-18)9-15-6-13(3)5-14(4)7-15/h5-7,12H,8-11H2,1-4H3. The van der Waals surface area contributed by atoms with Gasteiger partial charge in [0.15, 0.2) is 0 Å². The summed E-state index contributed by atoms with van der Waals surface area (Å²) >= 11 is 7.45. The van der Waals surface area contributed by atoms with Gasteiger partial charge < -0.3 is 0 Å². The van der Waals surface area contributed by atoms with Crippen LogP contribution in [-0.2, 0) is 6.42 Å². The fourth-order valence-corrected chi connectivity index (χ4v) is 4.56. The summed E-state index contributed by atoms with van der Waals surface area (Å²) in [5.41, 5.74) is 4.53. The minimum Gasteiger partial charge on any atom is -0.0922 e. The highest BCUT2D eigenvalue weighted by atomic mass is 79.9. The molecule has 0 radical (unpaired) electrons. The summed E-state index contributed by atoms with van der Waals surface area (Å²) < 4.78 is 0. The lowest BCUT2D eigenvalue weighted by atomic mass is 9.78. The number of hydrogen-bond acceptors (Lipinski definition) is 0. The van der Waals surface area contributed by atoms with Crippen LogP contribution >= 0.6 is 31.9 Å². The van der Waals surface area contributed by atoms with Crippen LogP contribution in [0.4, 0.5) is 0 Å². The van der Waals surface area contributed by atoms with Crippen molar-refractivity contribution in [2.75, 3.05) is 10.7 Å². The molecule has 0 amide bonds. The van der Waals surface area contributed by atoms with Gasteiger partial charge >= 0.3 is 0 Å². The van der Waals surface area contributed by atoms with E-state index in [0.717, 1.165) is 23.0 Å². The lowest BCUT2D eigenvalue weighted by Gasteiger charge is -2.32. The van der Waals surface area contributed by atoms with Gasteiger partial charge in [-0.25, -0.2) is 0 Å². The predicted octanol–water partition coefficient (Wildman–Crippen LogP) is 5.67. The smallest absolute Gasteiger partial charge is 0.00992 e. The van der Waals surface area contributed by atoms with Crippen molar-refractivity contribution in [3.8, 4) is 0 Å². The average molecular weight is 376 g/mol. The van der Waals surface area contributed by atoms with Crippen molar-refractivity contribution in [3.05, 3.63) is 34.9 Å². The van der Waals surface area contributed by atoms with Crippen LogP contribution in [0.2, 0.25) is 0 Å². The second-order valence-electron chi connectivity index (χ2n) is 6.04. The minimum atomic E-state index is 0.328. The van der Waals surface area contributed by atoms with Crippen LogP contribution < -0.4 is 0 Å². The summed E-state index contributed by atoms with van der Waals surface area (Å²) in [7, 11) is 0. The van der Waals surface area contributed by atoms with Gasteiger partial charge in [-0.1, -0.05) is 75.0 Å². The zero-order valence-electron chi connectivity index (χ0n) is 11.9. The van der Waals surface area contributed by atoms with E-state index < -0.39 is 0 Å². The van der Waals surface area contributed by atoms with E-state index in [1.165, 1.54) is 23.1 Å². The van der Waals surface area contributed by atoms with Crippen molar-refractivity contribution in [2.24, 2.45) is 11.3 Å². The third kappa shape index (κ3) is 4.70. The first-order valence-electron chi connectivity index (χ1n) is 6.60. The summed E-state index contributed by atoms with van der Waals surface area (Å²) in [5, 5.41) is 2.10. The third-order valence-corrected chi connectivity index (χ3v) is 5.65. The van der Waals surface area contributed by atoms with Gasteiger partial charge in [0.1, 0.15) is 0 Å². The number of hydrogen-bond donors (Lipinski definition) is 0. The molecule has 1 rings (SSSR count). The number of benzene rings is 1. The SMILES string of the molecule is Cc1cc(C)cc(CC(CBr)(CBr)CC(C)C)c1. The molecule has 0 unspecified atom stereocenters. The van der Waals surface area contributed by atoms with Crippen molar-refractivity contribution in [2.45, 2.75) is 40.5 Å². The molecule has 0 fully saturated rings. The Kier molecular flexibility index (Phi) is 6.40. The highest BCUT2D eigenvalue weighted by Crippen LogP contribution is 2.35. The second kappa shape index (κ2) is 7.09. The molecule has 0 aliphatic heterocycles. The van der Waals surface area contributed by atoms with Crippen LogP contribution in [0.5, 0.6) is 0 Å². The molecule has 1 aromatic rings. The molecule has 0 aliphatic rings. The fraction of sp³-hybridized carbons (Fsp3) is 0.625. The van der Waals surface area contributed by atoms with Crippen LogP contribution in [0.15, 0.2) is 18.2 Å². The number of rotatable bonds is 6. The highest BCUT2D eigenvalue weighted by molar-refractivity contribution is 9.09. The molecule has 102 valence electrons. The molecule has 0 aromatic heterocycles. The predicted molar refractivity (Wildman–Crippen MR) is 89.1 cm³/mol. The van der Waals surface area contributed by atoms with Crippen LogP contribution in [0, 0.1) is 25.2 Å². The molecule has 0 heterocycles. The largest absolute Gasteiger partial charge is 0.0922 e. The molecule has 0 nitrogen and oxygen atoms in total. The van der Waals surface area contributed by atoms with Gasteiger partial charge in [-0.15, -0.1) is 0 Å². The van der Waals surface area contributed by atoms with Crippen molar-refractivity contribution in [1.29, 1.82) is 0 Å². The third-order valence-electron chi connectivity index (χ3n) is 3.27. The molecule has 0 bridgehead atoms. The lowest BCUT2D eigenvalue weighted by Crippen LogP contribution is -2.29. The number of halogens is 2. The molecule has 18 heavy (non-hydrogen) atoms. The Morgan fingerprint density at radius 2 is 1.50 bits per heavy atom. The van der Waals surface area contributed by atoms with E-state index in [1.807, 2.05) is 0 Å². The first-order chi connectivity index (χ1) is 8.40. The van der Waals surface area contributed by atoms with E-state index in [4.69, 9.17) is 0 Å². The van der Waals surface area contributed by atoms with Gasteiger partial charge in [-0.3, -0.25) is 0 Å². The zero-order valence-corrected chi connectivity index (χ0v) is 15.1. The topological polar surface area (TPSA) is 0 Å². The monoisotopic (exact) mass is 374 g/mol. The quantitative estimate of drug-likeness (QED) is 0.562. The van der Waals surface area contributed by atoms with Crippen molar-refractivity contribution < 1.29 is 0 Å². The number of alkyl halides is 2. The Balaban J connectivity index is 2.95. The summed E-state index contributed by atoms with van der Waals surface area (Å²) in [6, 6.07) is 6.90. The molecule has 0 saturated carbocycles. The molecule has 0 atom stereocenters. The Bertz CT molecular complexity index is 358. The summed E-state index contributed by atoms with van der Waals surface area (Å²) in [6.07, 6.45) is 2.39. The number of aryl methyl sites for hydroxylation is 2. The zero-order chi connectivity index (χ0) is 13.8. The van der Waals surface area contributed by atoms with E-state index in [-0.39, 0.29) is 0 Å². The summed E-state index contributed by atoms with van der Waals surface area (Å²) in [4.78, 5) is 0. The maximum Gasteiger partial charge on any atom is 0.00992 e. The van der Waals surface area contributed by atoms with Crippen LogP contribution in [0.3, 0.4) is 0 Å². The lowest BCUT2D eigenvalue weighted by molar-refractivity contribution is 0.304. The molecule has 0 aliphatic carbocycles.